The Balaban J connectivity index is 1.19. The van der Waals surface area contributed by atoms with Gasteiger partial charge in [0.15, 0.2) is 0 Å². The maximum Gasteiger partial charge on any atom is 0.258 e. The molecule has 150 valence electrons. The summed E-state index contributed by atoms with van der Waals surface area (Å²) in [6, 6.07) is 17.2. The average Bonchev–Trinajstić information content (AvgIpc) is 3.41. The van der Waals surface area contributed by atoms with E-state index in [1.807, 2.05) is 54.6 Å². The van der Waals surface area contributed by atoms with Gasteiger partial charge in [0.25, 0.3) is 11.8 Å². The van der Waals surface area contributed by atoms with Crippen molar-refractivity contribution in [2.45, 2.75) is 6.10 Å². The van der Waals surface area contributed by atoms with Crippen LogP contribution in [0.15, 0.2) is 71.5 Å². The minimum Gasteiger partial charge on any atom is -0.487 e. The molecule has 1 saturated heterocycles. The molecule has 0 unspecified atom stereocenters. The molecular weight excluding hydrogens is 382 g/mol. The summed E-state index contributed by atoms with van der Waals surface area (Å²) in [5.41, 5.74) is 2.32. The van der Waals surface area contributed by atoms with E-state index >= 15 is 0 Å². The normalized spacial score (nSPS) is 13.8. The Morgan fingerprint density at radius 2 is 1.83 bits per heavy atom. The van der Waals surface area contributed by atoms with Gasteiger partial charge in [0.05, 0.1) is 24.8 Å². The van der Waals surface area contributed by atoms with Crippen molar-refractivity contribution in [2.75, 3.05) is 13.1 Å². The van der Waals surface area contributed by atoms with Gasteiger partial charge in [-0.05, 0) is 36.4 Å². The second kappa shape index (κ2) is 7.47. The minimum absolute atomic E-state index is 0.0219. The van der Waals surface area contributed by atoms with Gasteiger partial charge in [-0.25, -0.2) is 0 Å². The Kier molecular flexibility index (Phi) is 4.51. The Morgan fingerprint density at radius 3 is 2.53 bits per heavy atom. The number of aryl methyl sites for hydroxylation is 1. The number of likely N-dealkylation sites (tertiary alicyclic amines) is 1. The van der Waals surface area contributed by atoms with E-state index < -0.39 is 0 Å². The fraction of sp³-hybridized carbons (Fsp3) is 0.182. The topological polar surface area (TPSA) is 86.3 Å². The van der Waals surface area contributed by atoms with Crippen LogP contribution in [0.5, 0.6) is 5.75 Å². The van der Waals surface area contributed by atoms with Gasteiger partial charge < -0.3 is 14.2 Å². The van der Waals surface area contributed by atoms with E-state index in [1.54, 1.807) is 29.0 Å². The van der Waals surface area contributed by atoms with Gasteiger partial charge in [0.2, 0.25) is 5.82 Å². The molecule has 1 aliphatic rings. The summed E-state index contributed by atoms with van der Waals surface area (Å²) in [7, 11) is 1.79. The summed E-state index contributed by atoms with van der Waals surface area (Å²) >= 11 is 0. The number of ether oxygens (including phenoxy) is 1. The molecule has 2 aromatic heterocycles. The lowest BCUT2D eigenvalue weighted by atomic mass is 10.1. The Hall–Kier alpha value is -3.94. The number of hydrogen-bond donors (Lipinski definition) is 0. The molecule has 1 aliphatic heterocycles. The number of carbonyl (C=O) groups is 1. The van der Waals surface area contributed by atoms with E-state index in [1.165, 1.54) is 0 Å². The first-order valence-electron chi connectivity index (χ1n) is 9.60. The highest BCUT2D eigenvalue weighted by Gasteiger charge is 2.33. The fourth-order valence-corrected chi connectivity index (χ4v) is 3.31. The summed E-state index contributed by atoms with van der Waals surface area (Å²) in [5.74, 6) is 1.73. The highest BCUT2D eigenvalue weighted by molar-refractivity contribution is 5.94. The van der Waals surface area contributed by atoms with Gasteiger partial charge in [-0.3, -0.25) is 9.48 Å². The Labute approximate surface area is 172 Å². The summed E-state index contributed by atoms with van der Waals surface area (Å²) in [6.45, 7) is 1.11. The molecular formula is C22H19N5O3. The number of carbonyl (C=O) groups excluding carboxylic acids is 1. The van der Waals surface area contributed by atoms with Crippen LogP contribution in [0.1, 0.15) is 10.4 Å². The third-order valence-corrected chi connectivity index (χ3v) is 4.95. The van der Waals surface area contributed by atoms with E-state index in [0.29, 0.717) is 30.4 Å². The predicted octanol–water partition coefficient (Wildman–Crippen LogP) is 3.04. The van der Waals surface area contributed by atoms with E-state index in [2.05, 4.69) is 15.2 Å². The molecule has 2 aromatic carbocycles. The molecule has 0 atom stereocenters. The third kappa shape index (κ3) is 3.55. The van der Waals surface area contributed by atoms with Gasteiger partial charge in [0, 0.05) is 24.4 Å². The maximum atomic E-state index is 12.3. The van der Waals surface area contributed by atoms with Crippen LogP contribution in [0.25, 0.3) is 22.8 Å². The van der Waals surface area contributed by atoms with Gasteiger partial charge >= 0.3 is 0 Å². The second-order valence-electron chi connectivity index (χ2n) is 7.17. The van der Waals surface area contributed by atoms with Gasteiger partial charge in [0.1, 0.15) is 11.9 Å². The maximum absolute atomic E-state index is 12.3. The minimum atomic E-state index is -0.0235. The van der Waals surface area contributed by atoms with Gasteiger partial charge in [-0.2, -0.15) is 10.1 Å². The first-order valence-corrected chi connectivity index (χ1v) is 9.60. The lowest BCUT2D eigenvalue weighted by Crippen LogP contribution is -2.56. The lowest BCUT2D eigenvalue weighted by molar-refractivity contribution is 0.0178. The van der Waals surface area contributed by atoms with Crippen molar-refractivity contribution in [1.29, 1.82) is 0 Å². The number of hydrogen-bond acceptors (Lipinski definition) is 6. The molecule has 0 spiro atoms. The number of amides is 1. The van der Waals surface area contributed by atoms with Crippen molar-refractivity contribution in [3.8, 4) is 28.6 Å². The first kappa shape index (κ1) is 18.1. The molecule has 0 radical (unpaired) electrons. The number of nitrogens with zero attached hydrogens (tertiary/aromatic N) is 5. The van der Waals surface area contributed by atoms with Crippen molar-refractivity contribution in [1.82, 2.24) is 24.8 Å². The molecule has 8 heteroatoms. The van der Waals surface area contributed by atoms with Crippen LogP contribution < -0.4 is 4.74 Å². The van der Waals surface area contributed by atoms with E-state index in [9.17, 15) is 4.79 Å². The molecule has 3 heterocycles. The van der Waals surface area contributed by atoms with E-state index in [-0.39, 0.29) is 12.0 Å². The van der Waals surface area contributed by atoms with Crippen LogP contribution >= 0.6 is 0 Å². The number of benzene rings is 2. The molecule has 8 nitrogen and oxygen atoms in total. The molecule has 0 saturated carbocycles. The summed E-state index contributed by atoms with van der Waals surface area (Å²) in [5, 5.41) is 8.10. The highest BCUT2D eigenvalue weighted by atomic mass is 16.5. The SMILES string of the molecule is Cn1cc(C(=O)N2CC(Oc3ccc(-c4noc(-c5ccccc5)n4)cc3)C2)cn1. The zero-order chi connectivity index (χ0) is 20.5. The molecule has 1 amide bonds. The fourth-order valence-electron chi connectivity index (χ4n) is 3.31. The zero-order valence-corrected chi connectivity index (χ0v) is 16.3. The predicted molar refractivity (Wildman–Crippen MR) is 109 cm³/mol. The first-order chi connectivity index (χ1) is 14.7. The summed E-state index contributed by atoms with van der Waals surface area (Å²) in [4.78, 5) is 18.5. The molecule has 0 N–H and O–H groups in total. The van der Waals surface area contributed by atoms with Crippen LogP contribution in [0.2, 0.25) is 0 Å². The van der Waals surface area contributed by atoms with E-state index in [0.717, 1.165) is 16.9 Å². The standard InChI is InChI=1S/C22H19N5O3/c1-26-12-17(11-23-26)22(28)27-13-19(14-27)29-18-9-7-15(8-10-18)20-24-21(30-25-20)16-5-3-2-4-6-16/h2-12,19H,13-14H2,1H3. The zero-order valence-electron chi connectivity index (χ0n) is 16.3. The highest BCUT2D eigenvalue weighted by Crippen LogP contribution is 2.25. The summed E-state index contributed by atoms with van der Waals surface area (Å²) < 4.78 is 12.9. The second-order valence-corrected chi connectivity index (χ2v) is 7.17. The van der Waals surface area contributed by atoms with Crippen LogP contribution in [-0.2, 0) is 7.05 Å². The van der Waals surface area contributed by atoms with Crippen LogP contribution in [0.3, 0.4) is 0 Å². The lowest BCUT2D eigenvalue weighted by Gasteiger charge is -2.38. The smallest absolute Gasteiger partial charge is 0.258 e. The van der Waals surface area contributed by atoms with Crippen molar-refractivity contribution in [3.05, 3.63) is 72.6 Å². The van der Waals surface area contributed by atoms with Crippen molar-refractivity contribution in [3.63, 3.8) is 0 Å². The van der Waals surface area contributed by atoms with E-state index in [4.69, 9.17) is 9.26 Å². The van der Waals surface area contributed by atoms with Gasteiger partial charge in [-0.15, -0.1) is 0 Å². The monoisotopic (exact) mass is 401 g/mol. The van der Waals surface area contributed by atoms with Gasteiger partial charge in [-0.1, -0.05) is 23.4 Å². The number of rotatable bonds is 5. The average molecular weight is 401 g/mol. The van der Waals surface area contributed by atoms with Crippen molar-refractivity contribution in [2.24, 2.45) is 7.05 Å². The molecule has 4 aromatic rings. The van der Waals surface area contributed by atoms with Crippen molar-refractivity contribution >= 4 is 5.91 Å². The molecule has 0 bridgehead atoms. The van der Waals surface area contributed by atoms with Crippen LogP contribution in [-0.4, -0.2) is 49.9 Å². The molecule has 30 heavy (non-hydrogen) atoms. The number of aromatic nitrogens is 4. The molecule has 5 rings (SSSR count). The third-order valence-electron chi connectivity index (χ3n) is 4.95. The quantitative estimate of drug-likeness (QED) is 0.511. The summed E-state index contributed by atoms with van der Waals surface area (Å²) in [6.07, 6.45) is 3.28. The van der Waals surface area contributed by atoms with Crippen LogP contribution in [0, 0.1) is 0 Å². The Morgan fingerprint density at radius 1 is 1.07 bits per heavy atom. The van der Waals surface area contributed by atoms with Crippen molar-refractivity contribution < 1.29 is 14.1 Å². The van der Waals surface area contributed by atoms with Crippen LogP contribution in [0.4, 0.5) is 0 Å². The Bertz CT molecular complexity index is 1160. The largest absolute Gasteiger partial charge is 0.487 e. The molecule has 1 fully saturated rings. The molecule has 0 aliphatic carbocycles.